The molecule has 0 spiro atoms. The first-order chi connectivity index (χ1) is 27.2. The Morgan fingerprint density at radius 1 is 0.893 bits per heavy atom. The second-order valence-electron chi connectivity index (χ2n) is 12.4. The topological polar surface area (TPSA) is 150 Å². The van der Waals surface area contributed by atoms with Crippen molar-refractivity contribution in [2.24, 2.45) is 0 Å². The van der Waals surface area contributed by atoms with E-state index in [1.165, 1.54) is 47.4 Å². The summed E-state index contributed by atoms with van der Waals surface area (Å²) in [4.78, 5) is 29.0. The average molecular weight is 794 g/mol. The van der Waals surface area contributed by atoms with Crippen molar-refractivity contribution in [3.8, 4) is 17.3 Å². The number of halogens is 4. The van der Waals surface area contributed by atoms with E-state index in [2.05, 4.69) is 36.1 Å². The van der Waals surface area contributed by atoms with Crippen LogP contribution in [0.4, 0.5) is 24.5 Å². The van der Waals surface area contributed by atoms with Crippen LogP contribution in [-0.2, 0) is 9.47 Å². The van der Waals surface area contributed by atoms with Crippen LogP contribution >= 0.6 is 11.6 Å². The third kappa shape index (κ3) is 10.8. The SMILES string of the molecule is CCOc1cc(C(=O)Nc2ccc([C@@H]3CNCCO3)c(Cl)c2)ccn1.O=C(Nc1ccc([C@H]2CNCCO2)c(F)c1)c1cnn(-c2ccc(OC(F)F)cc2)c1. The number of anilines is 2. The molecule has 5 aromatic rings. The Balaban J connectivity index is 0.000000194. The van der Waals surface area contributed by atoms with Gasteiger partial charge in [-0.05, 0) is 61.5 Å². The minimum atomic E-state index is -2.91. The van der Waals surface area contributed by atoms with Gasteiger partial charge in [-0.1, -0.05) is 23.7 Å². The number of hydrogen-bond donors (Lipinski definition) is 4. The van der Waals surface area contributed by atoms with Gasteiger partial charge in [0.2, 0.25) is 5.88 Å². The van der Waals surface area contributed by atoms with Gasteiger partial charge in [0.1, 0.15) is 11.6 Å². The lowest BCUT2D eigenvalue weighted by Gasteiger charge is -2.25. The zero-order valence-corrected chi connectivity index (χ0v) is 30.9. The monoisotopic (exact) mass is 793 g/mol. The number of carbonyl (C=O) groups excluding carboxylic acids is 2. The molecule has 4 N–H and O–H groups in total. The molecule has 0 radical (unpaired) electrons. The van der Waals surface area contributed by atoms with E-state index in [0.717, 1.165) is 25.2 Å². The van der Waals surface area contributed by atoms with Crippen molar-refractivity contribution in [3.05, 3.63) is 124 Å². The highest BCUT2D eigenvalue weighted by atomic mass is 35.5. The summed E-state index contributed by atoms with van der Waals surface area (Å²) in [7, 11) is 0. The summed E-state index contributed by atoms with van der Waals surface area (Å²) in [6, 6.07) is 18.9. The molecule has 2 atom stereocenters. The van der Waals surface area contributed by atoms with E-state index in [4.69, 9.17) is 25.8 Å². The molecule has 0 bridgehead atoms. The van der Waals surface area contributed by atoms with Gasteiger partial charge in [-0.15, -0.1) is 0 Å². The van der Waals surface area contributed by atoms with E-state index < -0.39 is 18.3 Å². The van der Waals surface area contributed by atoms with Crippen LogP contribution in [0.25, 0.3) is 5.69 Å². The van der Waals surface area contributed by atoms with Crippen LogP contribution in [-0.4, -0.2) is 79.2 Å². The lowest BCUT2D eigenvalue weighted by atomic mass is 10.1. The Morgan fingerprint density at radius 3 is 2.14 bits per heavy atom. The van der Waals surface area contributed by atoms with Crippen molar-refractivity contribution in [3.63, 3.8) is 0 Å². The number of nitrogens with zero attached hydrogens (tertiary/aromatic N) is 3. The zero-order chi connectivity index (χ0) is 39.4. The third-order valence-electron chi connectivity index (χ3n) is 8.53. The molecule has 2 saturated heterocycles. The normalized spacial score (nSPS) is 16.7. The summed E-state index contributed by atoms with van der Waals surface area (Å²) in [5.74, 6) is -0.739. The van der Waals surface area contributed by atoms with Gasteiger partial charge >= 0.3 is 6.61 Å². The van der Waals surface area contributed by atoms with Gasteiger partial charge in [-0.3, -0.25) is 9.59 Å². The minimum Gasteiger partial charge on any atom is -0.478 e. The Labute approximate surface area is 325 Å². The largest absolute Gasteiger partial charge is 0.478 e. The first kappa shape index (κ1) is 40.2. The molecule has 3 aromatic carbocycles. The van der Waals surface area contributed by atoms with Crippen molar-refractivity contribution in [2.75, 3.05) is 56.6 Å². The number of hydrogen-bond acceptors (Lipinski definition) is 10. The molecule has 13 nitrogen and oxygen atoms in total. The van der Waals surface area contributed by atoms with Gasteiger partial charge in [0.05, 0.1) is 49.5 Å². The number of alkyl halides is 2. The Bertz CT molecular complexity index is 2090. The van der Waals surface area contributed by atoms with Crippen molar-refractivity contribution >= 4 is 34.8 Å². The van der Waals surface area contributed by atoms with Crippen LogP contribution in [0, 0.1) is 5.82 Å². The molecule has 56 heavy (non-hydrogen) atoms. The predicted molar refractivity (Wildman–Crippen MR) is 202 cm³/mol. The van der Waals surface area contributed by atoms with Crippen LogP contribution in [0.3, 0.4) is 0 Å². The fourth-order valence-corrected chi connectivity index (χ4v) is 6.11. The molecule has 2 aliphatic rings. The van der Waals surface area contributed by atoms with Crippen LogP contribution in [0.2, 0.25) is 5.02 Å². The van der Waals surface area contributed by atoms with Crippen molar-refractivity contribution in [2.45, 2.75) is 25.7 Å². The quantitative estimate of drug-likeness (QED) is 0.116. The molecule has 2 amide bonds. The molecule has 294 valence electrons. The van der Waals surface area contributed by atoms with E-state index in [1.54, 1.807) is 36.5 Å². The van der Waals surface area contributed by atoms with Crippen molar-refractivity contribution in [1.29, 1.82) is 0 Å². The molecule has 7 rings (SSSR count). The van der Waals surface area contributed by atoms with E-state index in [0.29, 0.717) is 65.5 Å². The molecule has 2 aromatic heterocycles. The van der Waals surface area contributed by atoms with Crippen molar-refractivity contribution < 1.29 is 41.7 Å². The lowest BCUT2D eigenvalue weighted by Crippen LogP contribution is -2.33. The first-order valence-corrected chi connectivity index (χ1v) is 18.1. The van der Waals surface area contributed by atoms with Gasteiger partial charge < -0.3 is 40.2 Å². The highest BCUT2D eigenvalue weighted by molar-refractivity contribution is 6.31. The number of benzene rings is 3. The number of ether oxygens (including phenoxy) is 4. The summed E-state index contributed by atoms with van der Waals surface area (Å²) in [6.07, 6.45) is 3.94. The molecule has 2 fully saturated rings. The molecular formula is C39H39ClF3N7O6. The van der Waals surface area contributed by atoms with Crippen LogP contribution in [0.5, 0.6) is 11.6 Å². The smallest absolute Gasteiger partial charge is 0.387 e. The number of aromatic nitrogens is 3. The Kier molecular flexibility index (Phi) is 13.9. The number of carbonyl (C=O) groups is 2. The van der Waals surface area contributed by atoms with Gasteiger partial charge in [-0.25, -0.2) is 14.1 Å². The molecule has 0 aliphatic carbocycles. The molecular weight excluding hydrogens is 755 g/mol. The second kappa shape index (κ2) is 19.4. The summed E-state index contributed by atoms with van der Waals surface area (Å²) in [5, 5.41) is 16.6. The molecule has 4 heterocycles. The molecule has 0 unspecified atom stereocenters. The summed E-state index contributed by atoms with van der Waals surface area (Å²) >= 11 is 6.37. The highest BCUT2D eigenvalue weighted by Gasteiger charge is 2.21. The van der Waals surface area contributed by atoms with E-state index >= 15 is 0 Å². The fourth-order valence-electron chi connectivity index (χ4n) is 5.81. The van der Waals surface area contributed by atoms with E-state index in [-0.39, 0.29) is 29.4 Å². The molecule has 0 saturated carbocycles. The predicted octanol–water partition coefficient (Wildman–Crippen LogP) is 6.57. The zero-order valence-electron chi connectivity index (χ0n) is 30.1. The number of amides is 2. The maximum absolute atomic E-state index is 14.5. The van der Waals surface area contributed by atoms with E-state index in [1.807, 2.05) is 19.1 Å². The average Bonchev–Trinajstić information content (AvgIpc) is 3.70. The molecule has 17 heteroatoms. The first-order valence-electron chi connectivity index (χ1n) is 17.7. The Morgan fingerprint density at radius 2 is 1.54 bits per heavy atom. The number of morpholine rings is 2. The number of nitrogens with one attached hydrogen (secondary N) is 4. The highest BCUT2D eigenvalue weighted by Crippen LogP contribution is 2.30. The summed E-state index contributed by atoms with van der Waals surface area (Å²) < 4.78 is 61.3. The second-order valence-corrected chi connectivity index (χ2v) is 12.8. The summed E-state index contributed by atoms with van der Waals surface area (Å²) in [5.41, 5.74) is 3.54. The molecule has 2 aliphatic heterocycles. The van der Waals surface area contributed by atoms with Gasteiger partial charge in [0.25, 0.3) is 11.8 Å². The van der Waals surface area contributed by atoms with Gasteiger partial charge in [0.15, 0.2) is 0 Å². The van der Waals surface area contributed by atoms with Gasteiger partial charge in [-0.2, -0.15) is 13.9 Å². The van der Waals surface area contributed by atoms with Crippen LogP contribution in [0.15, 0.2) is 91.4 Å². The van der Waals surface area contributed by atoms with E-state index in [9.17, 15) is 22.8 Å². The van der Waals surface area contributed by atoms with Crippen molar-refractivity contribution in [1.82, 2.24) is 25.4 Å². The Hall–Kier alpha value is -5.52. The maximum atomic E-state index is 14.5. The number of pyridine rings is 1. The van der Waals surface area contributed by atoms with Crippen LogP contribution in [0.1, 0.15) is 51.0 Å². The van der Waals surface area contributed by atoms with Gasteiger partial charge in [0, 0.05) is 77.7 Å². The standard InChI is InChI=1S/C21H19F3N4O3.C18H20ClN3O3/c22-18-9-14(1-6-17(18)19-11-25-7-8-30-19)27-20(29)13-10-26-28(12-13)15-2-4-16(5-3-15)31-21(23)24;1-2-24-17-9-12(5-6-21-17)18(23)22-13-3-4-14(15(19)10-13)16-11-20-7-8-25-16/h1-6,9-10,12,19,21,25H,7-8,11H2,(H,27,29);3-6,9-10,16,20H,2,7-8,11H2,1H3,(H,22,23)/t19-;16-/m10/s1. The summed E-state index contributed by atoms with van der Waals surface area (Å²) in [6.45, 7) is 3.44. The fraction of sp³-hybridized carbons (Fsp3) is 0.282. The maximum Gasteiger partial charge on any atom is 0.387 e. The lowest BCUT2D eigenvalue weighted by molar-refractivity contribution is -0.0498. The minimum absolute atomic E-state index is 0.0174. The van der Waals surface area contributed by atoms with Crippen LogP contribution < -0.4 is 30.7 Å². The number of rotatable bonds is 11. The third-order valence-corrected chi connectivity index (χ3v) is 8.85.